The van der Waals surface area contributed by atoms with Gasteiger partial charge in [0, 0.05) is 5.57 Å². The molecule has 0 radical (unpaired) electrons. The zero-order valence-corrected chi connectivity index (χ0v) is 8.98. The molecule has 1 aromatic carbocycles. The minimum atomic E-state index is 0.193. The van der Waals surface area contributed by atoms with E-state index in [1.165, 1.54) is 11.1 Å². The van der Waals surface area contributed by atoms with Gasteiger partial charge in [-0.1, -0.05) is 37.3 Å². The summed E-state index contributed by atoms with van der Waals surface area (Å²) < 4.78 is 10.9. The summed E-state index contributed by atoms with van der Waals surface area (Å²) in [6.07, 6.45) is 3.08. The van der Waals surface area contributed by atoms with Crippen LogP contribution in [0.3, 0.4) is 0 Å². The third-order valence-electron chi connectivity index (χ3n) is 2.59. The van der Waals surface area contributed by atoms with E-state index in [0.29, 0.717) is 13.2 Å². The number of ether oxygens (including phenoxy) is 2. The van der Waals surface area contributed by atoms with Crippen LogP contribution in [0.4, 0.5) is 0 Å². The second kappa shape index (κ2) is 4.99. The summed E-state index contributed by atoms with van der Waals surface area (Å²) in [5.74, 6) is 0. The number of rotatable bonds is 5. The molecule has 2 rings (SSSR count). The van der Waals surface area contributed by atoms with Crippen molar-refractivity contribution in [2.75, 3.05) is 6.61 Å². The van der Waals surface area contributed by atoms with Crippen molar-refractivity contribution in [1.82, 2.24) is 0 Å². The molecule has 0 spiro atoms. The smallest absolute Gasteiger partial charge is 0.145 e. The Morgan fingerprint density at radius 3 is 2.67 bits per heavy atom. The lowest BCUT2D eigenvalue weighted by Crippen LogP contribution is -2.27. The molecule has 1 unspecified atom stereocenters. The maximum atomic E-state index is 5.59. The Labute approximate surface area is 90.5 Å². The van der Waals surface area contributed by atoms with Crippen molar-refractivity contribution in [3.63, 3.8) is 0 Å². The summed E-state index contributed by atoms with van der Waals surface area (Å²) in [6.45, 7) is 3.46. The molecule has 0 aliphatic carbocycles. The van der Waals surface area contributed by atoms with Gasteiger partial charge in [0.05, 0.1) is 19.5 Å². The highest BCUT2D eigenvalue weighted by Gasteiger charge is 2.21. The van der Waals surface area contributed by atoms with E-state index in [0.717, 1.165) is 6.42 Å². The number of hydrogen-bond donors (Lipinski definition) is 0. The first-order valence-electron chi connectivity index (χ1n) is 5.36. The van der Waals surface area contributed by atoms with Crippen LogP contribution < -0.4 is 0 Å². The third kappa shape index (κ3) is 2.60. The maximum Gasteiger partial charge on any atom is 0.145 e. The normalized spacial score (nSPS) is 19.0. The van der Waals surface area contributed by atoms with Crippen molar-refractivity contribution in [3.05, 3.63) is 47.7 Å². The molecule has 0 bridgehead atoms. The first-order valence-corrected chi connectivity index (χ1v) is 5.36. The van der Waals surface area contributed by atoms with E-state index in [2.05, 4.69) is 19.1 Å². The van der Waals surface area contributed by atoms with Crippen molar-refractivity contribution >= 4 is 0 Å². The van der Waals surface area contributed by atoms with Crippen LogP contribution in [-0.4, -0.2) is 12.7 Å². The molecule has 1 aliphatic rings. The van der Waals surface area contributed by atoms with Crippen LogP contribution in [-0.2, 0) is 16.1 Å². The Balaban J connectivity index is 1.70. The fourth-order valence-corrected chi connectivity index (χ4v) is 1.58. The molecular formula is C13H16O2. The highest BCUT2D eigenvalue weighted by molar-refractivity contribution is 5.14. The fraction of sp³-hybridized carbons (Fsp3) is 0.385. The van der Waals surface area contributed by atoms with Crippen LogP contribution >= 0.6 is 0 Å². The Morgan fingerprint density at radius 1 is 1.27 bits per heavy atom. The number of benzene rings is 1. The van der Waals surface area contributed by atoms with Crippen LogP contribution in [0.2, 0.25) is 0 Å². The average Bonchev–Trinajstić information content (AvgIpc) is 2.25. The van der Waals surface area contributed by atoms with Gasteiger partial charge >= 0.3 is 0 Å². The van der Waals surface area contributed by atoms with E-state index in [1.54, 1.807) is 0 Å². The van der Waals surface area contributed by atoms with Gasteiger partial charge < -0.3 is 9.47 Å². The van der Waals surface area contributed by atoms with E-state index in [4.69, 9.17) is 9.47 Å². The van der Waals surface area contributed by atoms with Gasteiger partial charge in [0.2, 0.25) is 0 Å². The van der Waals surface area contributed by atoms with Crippen molar-refractivity contribution < 1.29 is 9.47 Å². The molecule has 1 atom stereocenters. The fourth-order valence-electron chi connectivity index (χ4n) is 1.58. The lowest BCUT2D eigenvalue weighted by Gasteiger charge is -2.27. The van der Waals surface area contributed by atoms with Gasteiger partial charge in [-0.3, -0.25) is 0 Å². The molecule has 1 heterocycles. The van der Waals surface area contributed by atoms with Gasteiger partial charge in [-0.25, -0.2) is 0 Å². The predicted octanol–water partition coefficient (Wildman–Crippen LogP) is 2.90. The molecule has 0 aromatic heterocycles. The topological polar surface area (TPSA) is 18.5 Å². The van der Waals surface area contributed by atoms with Crippen LogP contribution in [0, 0.1) is 0 Å². The maximum absolute atomic E-state index is 5.59. The van der Waals surface area contributed by atoms with Crippen LogP contribution in [0.15, 0.2) is 42.2 Å². The van der Waals surface area contributed by atoms with E-state index in [-0.39, 0.29) is 6.10 Å². The summed E-state index contributed by atoms with van der Waals surface area (Å²) >= 11 is 0. The first-order chi connectivity index (χ1) is 7.40. The zero-order chi connectivity index (χ0) is 10.5. The van der Waals surface area contributed by atoms with Gasteiger partial charge in [-0.15, -0.1) is 0 Å². The third-order valence-corrected chi connectivity index (χ3v) is 2.59. The molecule has 0 amide bonds. The number of hydrogen-bond acceptors (Lipinski definition) is 2. The van der Waals surface area contributed by atoms with Gasteiger partial charge in [0.1, 0.15) is 6.10 Å². The largest absolute Gasteiger partial charge is 0.491 e. The van der Waals surface area contributed by atoms with Crippen molar-refractivity contribution in [2.45, 2.75) is 26.1 Å². The van der Waals surface area contributed by atoms with Crippen molar-refractivity contribution in [3.8, 4) is 0 Å². The quantitative estimate of drug-likeness (QED) is 0.734. The van der Waals surface area contributed by atoms with Gasteiger partial charge in [-0.05, 0) is 12.0 Å². The summed E-state index contributed by atoms with van der Waals surface area (Å²) in [6, 6.07) is 10.2. The van der Waals surface area contributed by atoms with E-state index in [9.17, 15) is 0 Å². The molecule has 0 saturated carbocycles. The molecule has 2 heteroatoms. The van der Waals surface area contributed by atoms with Gasteiger partial charge in [-0.2, -0.15) is 0 Å². The van der Waals surface area contributed by atoms with Crippen LogP contribution in [0.5, 0.6) is 0 Å². The lowest BCUT2D eigenvalue weighted by molar-refractivity contribution is 0.00968. The van der Waals surface area contributed by atoms with Gasteiger partial charge in [0.15, 0.2) is 0 Å². The summed E-state index contributed by atoms with van der Waals surface area (Å²) in [7, 11) is 0. The lowest BCUT2D eigenvalue weighted by atomic mass is 10.1. The monoisotopic (exact) mass is 204 g/mol. The molecular weight excluding hydrogens is 188 g/mol. The molecule has 0 N–H and O–H groups in total. The van der Waals surface area contributed by atoms with E-state index in [1.807, 2.05) is 24.5 Å². The standard InChI is InChI=1S/C13H16O2/c1-2-12-9-15-13(12)10-14-8-11-6-4-3-5-7-11/h3-7,9,13H,2,8,10H2,1H3. The molecule has 15 heavy (non-hydrogen) atoms. The molecule has 1 aliphatic heterocycles. The SMILES string of the molecule is CCC1=COC1COCc1ccccc1. The summed E-state index contributed by atoms with van der Waals surface area (Å²) in [5.41, 5.74) is 2.56. The molecule has 1 aromatic rings. The second-order valence-electron chi connectivity index (χ2n) is 3.67. The average molecular weight is 204 g/mol. The Morgan fingerprint density at radius 2 is 2.07 bits per heavy atom. The van der Waals surface area contributed by atoms with Gasteiger partial charge in [0.25, 0.3) is 0 Å². The predicted molar refractivity (Wildman–Crippen MR) is 59.3 cm³/mol. The van der Waals surface area contributed by atoms with Crippen LogP contribution in [0.25, 0.3) is 0 Å². The summed E-state index contributed by atoms with van der Waals surface area (Å²) in [5, 5.41) is 0. The molecule has 2 nitrogen and oxygen atoms in total. The Bertz CT molecular complexity index is 330. The highest BCUT2D eigenvalue weighted by Crippen LogP contribution is 2.21. The molecule has 0 saturated heterocycles. The van der Waals surface area contributed by atoms with E-state index >= 15 is 0 Å². The Hall–Kier alpha value is -1.28. The molecule has 80 valence electrons. The van der Waals surface area contributed by atoms with Crippen molar-refractivity contribution in [1.29, 1.82) is 0 Å². The Kier molecular flexibility index (Phi) is 3.41. The van der Waals surface area contributed by atoms with Crippen LogP contribution in [0.1, 0.15) is 18.9 Å². The molecule has 0 fully saturated rings. The van der Waals surface area contributed by atoms with Crippen molar-refractivity contribution in [2.24, 2.45) is 0 Å². The zero-order valence-electron chi connectivity index (χ0n) is 8.98. The second-order valence-corrected chi connectivity index (χ2v) is 3.67. The minimum absolute atomic E-state index is 0.193. The minimum Gasteiger partial charge on any atom is -0.491 e. The van der Waals surface area contributed by atoms with E-state index < -0.39 is 0 Å². The summed E-state index contributed by atoms with van der Waals surface area (Å²) in [4.78, 5) is 0. The first kappa shape index (κ1) is 10.2. The highest BCUT2D eigenvalue weighted by atomic mass is 16.5.